The van der Waals surface area contributed by atoms with Gasteiger partial charge in [-0.3, -0.25) is 0 Å². The van der Waals surface area contributed by atoms with Crippen LogP contribution in [0.3, 0.4) is 0 Å². The predicted molar refractivity (Wildman–Crippen MR) is 89.6 cm³/mol. The van der Waals surface area contributed by atoms with Crippen molar-refractivity contribution in [3.05, 3.63) is 43.0 Å². The standard InChI is InChI=1S/C12H12Br2N2O2S2/c1-7-10(3-2-4-11(7)20(15,17)18)16-6-8-5-9(13)12(14)19-8/h2-5,16H,6H2,1H3,(H2,15,17,18). The van der Waals surface area contributed by atoms with E-state index in [0.29, 0.717) is 12.1 Å². The van der Waals surface area contributed by atoms with Crippen LogP contribution in [0.15, 0.2) is 37.4 Å². The molecule has 0 saturated carbocycles. The van der Waals surface area contributed by atoms with Crippen LogP contribution in [0.1, 0.15) is 10.4 Å². The van der Waals surface area contributed by atoms with Gasteiger partial charge in [0.05, 0.1) is 8.68 Å². The molecule has 0 unspecified atom stereocenters. The van der Waals surface area contributed by atoms with Gasteiger partial charge in [-0.15, -0.1) is 11.3 Å². The van der Waals surface area contributed by atoms with Gasteiger partial charge in [0.25, 0.3) is 0 Å². The van der Waals surface area contributed by atoms with Crippen molar-refractivity contribution in [3.8, 4) is 0 Å². The molecule has 0 aliphatic rings. The Morgan fingerprint density at radius 1 is 1.35 bits per heavy atom. The van der Waals surface area contributed by atoms with E-state index in [9.17, 15) is 8.42 Å². The summed E-state index contributed by atoms with van der Waals surface area (Å²) in [6.45, 7) is 2.35. The molecule has 20 heavy (non-hydrogen) atoms. The third kappa shape index (κ3) is 3.62. The fourth-order valence-electron chi connectivity index (χ4n) is 1.78. The number of sulfonamides is 1. The van der Waals surface area contributed by atoms with E-state index in [1.807, 2.05) is 12.1 Å². The minimum atomic E-state index is -3.69. The summed E-state index contributed by atoms with van der Waals surface area (Å²) in [4.78, 5) is 1.28. The zero-order valence-corrected chi connectivity index (χ0v) is 15.3. The van der Waals surface area contributed by atoms with Gasteiger partial charge in [0.15, 0.2) is 0 Å². The van der Waals surface area contributed by atoms with Gasteiger partial charge >= 0.3 is 0 Å². The maximum atomic E-state index is 11.5. The number of benzene rings is 1. The van der Waals surface area contributed by atoms with Gasteiger partial charge in [-0.1, -0.05) is 6.07 Å². The number of primary sulfonamides is 1. The third-order valence-electron chi connectivity index (χ3n) is 2.74. The highest BCUT2D eigenvalue weighted by atomic mass is 79.9. The number of hydrogen-bond donors (Lipinski definition) is 2. The first-order valence-corrected chi connectivity index (χ1v) is 9.54. The van der Waals surface area contributed by atoms with Gasteiger partial charge in [-0.25, -0.2) is 13.6 Å². The Kier molecular flexibility index (Phi) is 4.91. The highest BCUT2D eigenvalue weighted by molar-refractivity contribution is 9.13. The molecular formula is C12H12Br2N2O2S2. The van der Waals surface area contributed by atoms with E-state index in [0.717, 1.165) is 18.8 Å². The Hall–Kier alpha value is -0.410. The van der Waals surface area contributed by atoms with Gasteiger partial charge < -0.3 is 5.32 Å². The van der Waals surface area contributed by atoms with Crippen molar-refractivity contribution in [3.63, 3.8) is 0 Å². The molecule has 0 amide bonds. The quantitative estimate of drug-likeness (QED) is 0.759. The summed E-state index contributed by atoms with van der Waals surface area (Å²) in [6.07, 6.45) is 0. The minimum Gasteiger partial charge on any atom is -0.380 e. The molecule has 0 aliphatic heterocycles. The molecule has 3 N–H and O–H groups in total. The molecule has 1 heterocycles. The molecule has 0 fully saturated rings. The molecule has 0 saturated heterocycles. The summed E-state index contributed by atoms with van der Waals surface area (Å²) in [6, 6.07) is 7.03. The number of anilines is 1. The highest BCUT2D eigenvalue weighted by Gasteiger charge is 2.13. The molecule has 8 heteroatoms. The molecule has 0 bridgehead atoms. The second kappa shape index (κ2) is 6.15. The molecule has 0 atom stereocenters. The van der Waals surface area contributed by atoms with E-state index in [4.69, 9.17) is 5.14 Å². The molecule has 2 aromatic rings. The predicted octanol–water partition coefficient (Wildman–Crippen LogP) is 3.84. The largest absolute Gasteiger partial charge is 0.380 e. The Morgan fingerprint density at radius 3 is 2.60 bits per heavy atom. The van der Waals surface area contributed by atoms with Gasteiger partial charge in [-0.05, 0) is 62.5 Å². The first-order chi connectivity index (χ1) is 9.29. The van der Waals surface area contributed by atoms with Crippen molar-refractivity contribution in [1.82, 2.24) is 0 Å². The van der Waals surface area contributed by atoms with Crippen molar-refractivity contribution >= 4 is 58.9 Å². The fourth-order valence-corrected chi connectivity index (χ4v) is 4.70. The number of hydrogen-bond acceptors (Lipinski definition) is 4. The molecule has 4 nitrogen and oxygen atoms in total. The zero-order chi connectivity index (χ0) is 14.9. The van der Waals surface area contributed by atoms with Gasteiger partial charge in [0, 0.05) is 21.6 Å². The third-order valence-corrected chi connectivity index (χ3v) is 7.05. The second-order valence-electron chi connectivity index (χ2n) is 4.16. The van der Waals surface area contributed by atoms with Crippen LogP contribution >= 0.6 is 43.2 Å². The van der Waals surface area contributed by atoms with Crippen molar-refractivity contribution in [2.75, 3.05) is 5.32 Å². The van der Waals surface area contributed by atoms with Crippen molar-refractivity contribution < 1.29 is 8.42 Å². The Morgan fingerprint density at radius 2 is 2.05 bits per heavy atom. The van der Waals surface area contributed by atoms with Crippen LogP contribution < -0.4 is 10.5 Å². The first kappa shape index (κ1) is 16.0. The molecule has 1 aromatic carbocycles. The maximum absolute atomic E-state index is 11.5. The van der Waals surface area contributed by atoms with E-state index in [1.165, 1.54) is 6.07 Å². The van der Waals surface area contributed by atoms with Crippen LogP contribution in [0.4, 0.5) is 5.69 Å². The average molecular weight is 440 g/mol. The van der Waals surface area contributed by atoms with Gasteiger partial charge in [-0.2, -0.15) is 0 Å². The number of thiophene rings is 1. The number of halogens is 2. The van der Waals surface area contributed by atoms with Crippen molar-refractivity contribution in [1.29, 1.82) is 0 Å². The normalized spacial score (nSPS) is 11.6. The summed E-state index contributed by atoms with van der Waals surface area (Å²) in [7, 11) is -3.69. The average Bonchev–Trinajstić information content (AvgIpc) is 2.66. The maximum Gasteiger partial charge on any atom is 0.238 e. The van der Waals surface area contributed by atoms with Crippen LogP contribution in [-0.4, -0.2) is 8.42 Å². The zero-order valence-electron chi connectivity index (χ0n) is 10.5. The summed E-state index contributed by atoms with van der Waals surface area (Å²) < 4.78 is 25.0. The lowest BCUT2D eigenvalue weighted by atomic mass is 10.2. The number of nitrogens with one attached hydrogen (secondary N) is 1. The van der Waals surface area contributed by atoms with E-state index >= 15 is 0 Å². The summed E-state index contributed by atoms with van der Waals surface area (Å²) >= 11 is 8.49. The monoisotopic (exact) mass is 438 g/mol. The van der Waals surface area contributed by atoms with E-state index < -0.39 is 10.0 Å². The van der Waals surface area contributed by atoms with Crippen LogP contribution in [0.25, 0.3) is 0 Å². The topological polar surface area (TPSA) is 72.2 Å². The lowest BCUT2D eigenvalue weighted by molar-refractivity contribution is 0.597. The minimum absolute atomic E-state index is 0.149. The fraction of sp³-hybridized carbons (Fsp3) is 0.167. The Bertz CT molecular complexity index is 722. The molecule has 108 valence electrons. The SMILES string of the molecule is Cc1c(NCc2cc(Br)c(Br)s2)cccc1S(N)(=O)=O. The molecule has 0 spiro atoms. The summed E-state index contributed by atoms with van der Waals surface area (Å²) in [5.41, 5.74) is 1.39. The van der Waals surface area contributed by atoms with Crippen LogP contribution in [-0.2, 0) is 16.6 Å². The van der Waals surface area contributed by atoms with E-state index in [-0.39, 0.29) is 4.90 Å². The van der Waals surface area contributed by atoms with Gasteiger partial charge in [0.2, 0.25) is 10.0 Å². The van der Waals surface area contributed by atoms with E-state index in [1.54, 1.807) is 24.3 Å². The van der Waals surface area contributed by atoms with Crippen LogP contribution in [0.5, 0.6) is 0 Å². The molecule has 2 rings (SSSR count). The molecule has 1 aromatic heterocycles. The lowest BCUT2D eigenvalue weighted by Crippen LogP contribution is -2.14. The van der Waals surface area contributed by atoms with Crippen LogP contribution in [0, 0.1) is 6.92 Å². The second-order valence-corrected chi connectivity index (χ2v) is 9.00. The van der Waals surface area contributed by atoms with Crippen molar-refractivity contribution in [2.24, 2.45) is 5.14 Å². The summed E-state index contributed by atoms with van der Waals surface area (Å²) in [5, 5.41) is 8.42. The van der Waals surface area contributed by atoms with Crippen molar-refractivity contribution in [2.45, 2.75) is 18.4 Å². The summed E-state index contributed by atoms with van der Waals surface area (Å²) in [5.74, 6) is 0. The van der Waals surface area contributed by atoms with E-state index in [2.05, 4.69) is 37.2 Å². The van der Waals surface area contributed by atoms with Gasteiger partial charge in [0.1, 0.15) is 0 Å². The molecular weight excluding hydrogens is 428 g/mol. The lowest BCUT2D eigenvalue weighted by Gasteiger charge is -2.11. The highest BCUT2D eigenvalue weighted by Crippen LogP contribution is 2.33. The number of nitrogens with two attached hydrogens (primary N) is 1. The smallest absolute Gasteiger partial charge is 0.238 e. The first-order valence-electron chi connectivity index (χ1n) is 5.59. The Balaban J connectivity index is 2.22. The Labute approximate surface area is 138 Å². The van der Waals surface area contributed by atoms with Crippen LogP contribution in [0.2, 0.25) is 0 Å². The molecule has 0 aliphatic carbocycles. The molecule has 0 radical (unpaired) electrons. The number of rotatable bonds is 4.